The largest absolute Gasteiger partial charge is 0.497 e. The number of benzene rings is 2. The van der Waals surface area contributed by atoms with E-state index in [0.717, 1.165) is 48.1 Å². The van der Waals surface area contributed by atoms with E-state index in [1.54, 1.807) is 7.11 Å². The number of hydrogen-bond acceptors (Lipinski definition) is 4. The van der Waals surface area contributed by atoms with Crippen molar-refractivity contribution >= 4 is 16.8 Å². The van der Waals surface area contributed by atoms with Crippen molar-refractivity contribution in [2.24, 2.45) is 5.73 Å². The zero-order valence-electron chi connectivity index (χ0n) is 17.2. The molecule has 3 aromatic rings. The predicted molar refractivity (Wildman–Crippen MR) is 117 cm³/mol. The molecule has 4 N–H and O–H groups in total. The molecule has 6 heteroatoms. The summed E-state index contributed by atoms with van der Waals surface area (Å²) in [7, 11) is 3.71. The normalized spacial score (nSPS) is 11.2. The van der Waals surface area contributed by atoms with Gasteiger partial charge in [0.2, 0.25) is 0 Å². The smallest absolute Gasteiger partial charge is 0.267 e. The summed E-state index contributed by atoms with van der Waals surface area (Å²) < 4.78 is 5.22. The molecule has 0 atom stereocenters. The Morgan fingerprint density at radius 2 is 1.86 bits per heavy atom. The fourth-order valence-electron chi connectivity index (χ4n) is 3.32. The molecule has 2 aromatic carbocycles. The van der Waals surface area contributed by atoms with Crippen LogP contribution in [0.25, 0.3) is 10.9 Å². The fourth-order valence-corrected chi connectivity index (χ4v) is 3.32. The zero-order valence-corrected chi connectivity index (χ0v) is 17.2. The van der Waals surface area contributed by atoms with Crippen molar-refractivity contribution in [1.29, 1.82) is 0 Å². The molecule has 3 rings (SSSR count). The Hall–Kier alpha value is -2.83. The van der Waals surface area contributed by atoms with Crippen LogP contribution in [0.15, 0.2) is 48.5 Å². The lowest BCUT2D eigenvalue weighted by atomic mass is 10.1. The molecule has 0 unspecified atom stereocenters. The summed E-state index contributed by atoms with van der Waals surface area (Å²) >= 11 is 0. The van der Waals surface area contributed by atoms with E-state index in [9.17, 15) is 4.79 Å². The van der Waals surface area contributed by atoms with Gasteiger partial charge in [-0.3, -0.25) is 4.79 Å². The van der Waals surface area contributed by atoms with Gasteiger partial charge in [0.25, 0.3) is 5.91 Å². The molecule has 1 amide bonds. The Bertz CT molecular complexity index is 934. The van der Waals surface area contributed by atoms with E-state index in [0.29, 0.717) is 18.8 Å². The first-order valence-electron chi connectivity index (χ1n) is 10.0. The molecule has 0 saturated heterocycles. The SMILES string of the molecule is COc1ccc2cc(C(=O)NCCN(C)CCCc3ccc(CN)cc3)[nH]c2c1. The lowest BCUT2D eigenvalue weighted by Crippen LogP contribution is -2.33. The van der Waals surface area contributed by atoms with Crippen molar-refractivity contribution in [1.82, 2.24) is 15.2 Å². The highest BCUT2D eigenvalue weighted by Gasteiger charge is 2.10. The van der Waals surface area contributed by atoms with Crippen LogP contribution in [-0.4, -0.2) is 49.6 Å². The minimum absolute atomic E-state index is 0.0893. The third kappa shape index (κ3) is 5.82. The average molecular weight is 395 g/mol. The van der Waals surface area contributed by atoms with E-state index in [-0.39, 0.29) is 5.91 Å². The Balaban J connectivity index is 1.39. The van der Waals surface area contributed by atoms with Crippen LogP contribution in [0.5, 0.6) is 5.75 Å². The Morgan fingerprint density at radius 3 is 2.59 bits per heavy atom. The molecule has 29 heavy (non-hydrogen) atoms. The second kappa shape index (κ2) is 10.1. The molecule has 0 aliphatic heterocycles. The molecular weight excluding hydrogens is 364 g/mol. The van der Waals surface area contributed by atoms with E-state index >= 15 is 0 Å². The highest BCUT2D eigenvalue weighted by Crippen LogP contribution is 2.21. The number of aryl methyl sites for hydroxylation is 1. The topological polar surface area (TPSA) is 83.4 Å². The molecule has 0 spiro atoms. The number of likely N-dealkylation sites (N-methyl/N-ethyl adjacent to an activating group) is 1. The van der Waals surface area contributed by atoms with Crippen molar-refractivity contribution in [2.45, 2.75) is 19.4 Å². The van der Waals surface area contributed by atoms with Gasteiger partial charge in [-0.2, -0.15) is 0 Å². The standard InChI is InChI=1S/C23H30N4O2/c1-27(12-3-4-17-5-7-18(16-24)8-6-17)13-11-25-23(28)22-14-19-9-10-20(29-2)15-21(19)26-22/h5-10,14-15,26H,3-4,11-13,16,24H2,1-2H3,(H,25,28). The Labute approximate surface area is 172 Å². The van der Waals surface area contributed by atoms with E-state index in [1.165, 1.54) is 5.56 Å². The van der Waals surface area contributed by atoms with Crippen LogP contribution in [0.2, 0.25) is 0 Å². The maximum atomic E-state index is 12.4. The first-order chi connectivity index (χ1) is 14.1. The first kappa shape index (κ1) is 20.9. The lowest BCUT2D eigenvalue weighted by Gasteiger charge is -2.16. The molecule has 1 aromatic heterocycles. The molecule has 0 aliphatic rings. The number of carbonyl (C=O) groups excluding carboxylic acids is 1. The van der Waals surface area contributed by atoms with Gasteiger partial charge in [0.15, 0.2) is 0 Å². The summed E-state index contributed by atoms with van der Waals surface area (Å²) in [5.41, 5.74) is 9.59. The molecule has 0 bridgehead atoms. The van der Waals surface area contributed by atoms with E-state index < -0.39 is 0 Å². The van der Waals surface area contributed by atoms with Gasteiger partial charge in [-0.15, -0.1) is 0 Å². The number of rotatable bonds is 10. The highest BCUT2D eigenvalue weighted by molar-refractivity contribution is 5.98. The second-order valence-corrected chi connectivity index (χ2v) is 7.32. The molecule has 6 nitrogen and oxygen atoms in total. The number of methoxy groups -OCH3 is 1. The molecule has 0 aliphatic carbocycles. The molecular formula is C23H30N4O2. The van der Waals surface area contributed by atoms with Gasteiger partial charge in [0.05, 0.1) is 7.11 Å². The number of amides is 1. The quantitative estimate of drug-likeness (QED) is 0.494. The van der Waals surface area contributed by atoms with E-state index in [2.05, 4.69) is 46.5 Å². The lowest BCUT2D eigenvalue weighted by molar-refractivity contribution is 0.0945. The Morgan fingerprint density at radius 1 is 1.10 bits per heavy atom. The summed E-state index contributed by atoms with van der Waals surface area (Å²) in [6.45, 7) is 2.99. The number of aromatic nitrogens is 1. The molecule has 0 radical (unpaired) electrons. The number of H-pyrrole nitrogens is 1. The molecule has 0 fully saturated rings. The van der Waals surface area contributed by atoms with Crippen LogP contribution in [0.4, 0.5) is 0 Å². The minimum Gasteiger partial charge on any atom is -0.497 e. The van der Waals surface area contributed by atoms with Crippen LogP contribution in [0, 0.1) is 0 Å². The number of aromatic amines is 1. The Kier molecular flexibility index (Phi) is 7.27. The third-order valence-corrected chi connectivity index (χ3v) is 5.12. The van der Waals surface area contributed by atoms with Crippen LogP contribution in [0.3, 0.4) is 0 Å². The minimum atomic E-state index is -0.0893. The van der Waals surface area contributed by atoms with Gasteiger partial charge >= 0.3 is 0 Å². The molecule has 0 saturated carbocycles. The summed E-state index contributed by atoms with van der Waals surface area (Å²) in [6.07, 6.45) is 2.12. The maximum absolute atomic E-state index is 12.4. The van der Waals surface area contributed by atoms with Gasteiger partial charge in [-0.05, 0) is 55.8 Å². The van der Waals surface area contributed by atoms with E-state index in [4.69, 9.17) is 10.5 Å². The van der Waals surface area contributed by atoms with Crippen molar-refractivity contribution in [3.8, 4) is 5.75 Å². The van der Waals surface area contributed by atoms with E-state index in [1.807, 2.05) is 24.3 Å². The van der Waals surface area contributed by atoms with Crippen molar-refractivity contribution < 1.29 is 9.53 Å². The monoisotopic (exact) mass is 394 g/mol. The van der Waals surface area contributed by atoms with Crippen molar-refractivity contribution in [3.05, 3.63) is 65.4 Å². The van der Waals surface area contributed by atoms with Gasteiger partial charge in [0, 0.05) is 36.6 Å². The van der Waals surface area contributed by atoms with Crippen LogP contribution in [0.1, 0.15) is 28.0 Å². The van der Waals surface area contributed by atoms with Crippen LogP contribution in [-0.2, 0) is 13.0 Å². The summed E-state index contributed by atoms with van der Waals surface area (Å²) in [4.78, 5) is 17.8. The number of nitrogens with zero attached hydrogens (tertiary/aromatic N) is 1. The molecule has 154 valence electrons. The summed E-state index contributed by atoms with van der Waals surface area (Å²) in [5.74, 6) is 0.678. The highest BCUT2D eigenvalue weighted by atomic mass is 16.5. The number of carbonyl (C=O) groups is 1. The van der Waals surface area contributed by atoms with Crippen molar-refractivity contribution in [2.75, 3.05) is 33.8 Å². The van der Waals surface area contributed by atoms with Crippen LogP contribution < -0.4 is 15.8 Å². The maximum Gasteiger partial charge on any atom is 0.267 e. The van der Waals surface area contributed by atoms with Gasteiger partial charge in [-0.25, -0.2) is 0 Å². The van der Waals surface area contributed by atoms with Gasteiger partial charge in [-0.1, -0.05) is 24.3 Å². The van der Waals surface area contributed by atoms with Gasteiger partial charge < -0.3 is 25.7 Å². The average Bonchev–Trinajstić information content (AvgIpc) is 3.17. The fraction of sp³-hybridized carbons (Fsp3) is 0.348. The van der Waals surface area contributed by atoms with Crippen LogP contribution >= 0.6 is 0 Å². The van der Waals surface area contributed by atoms with Gasteiger partial charge in [0.1, 0.15) is 11.4 Å². The number of ether oxygens (including phenoxy) is 1. The predicted octanol–water partition coefficient (Wildman–Crippen LogP) is 2.93. The molecule has 1 heterocycles. The summed E-state index contributed by atoms with van der Waals surface area (Å²) in [6, 6.07) is 16.1. The zero-order chi connectivity index (χ0) is 20.6. The van der Waals surface area contributed by atoms with Crippen molar-refractivity contribution in [3.63, 3.8) is 0 Å². The first-order valence-corrected chi connectivity index (χ1v) is 10.0. The number of nitrogens with two attached hydrogens (primary N) is 1. The second-order valence-electron chi connectivity index (χ2n) is 7.32. The number of nitrogens with one attached hydrogen (secondary N) is 2. The number of fused-ring (bicyclic) bond motifs is 1. The summed E-state index contributed by atoms with van der Waals surface area (Å²) in [5, 5.41) is 3.98. The number of hydrogen-bond donors (Lipinski definition) is 3. The third-order valence-electron chi connectivity index (χ3n) is 5.12.